The fourth-order valence-electron chi connectivity index (χ4n) is 1.18. The Morgan fingerprint density at radius 3 is 2.00 bits per heavy atom. The summed E-state index contributed by atoms with van der Waals surface area (Å²) in [4.78, 5) is 32.3. The number of carboxylic acid groups (broad SMARTS) is 1. The van der Waals surface area contributed by atoms with Crippen LogP contribution in [0, 0.1) is 0 Å². The molecule has 21 heavy (non-hydrogen) atoms. The van der Waals surface area contributed by atoms with E-state index in [1.165, 1.54) is 25.1 Å². The van der Waals surface area contributed by atoms with Crippen LogP contribution in [0.25, 0.3) is 0 Å². The number of benzene rings is 1. The van der Waals surface area contributed by atoms with Crippen LogP contribution in [0.4, 0.5) is 0 Å². The van der Waals surface area contributed by atoms with E-state index in [4.69, 9.17) is 35.2 Å². The molecule has 0 aliphatic heterocycles. The van der Waals surface area contributed by atoms with Crippen LogP contribution >= 0.6 is 7.82 Å². The van der Waals surface area contributed by atoms with Gasteiger partial charge in [0, 0.05) is 6.42 Å². The predicted molar refractivity (Wildman–Crippen MR) is 71.6 cm³/mol. The molecule has 1 aromatic rings. The zero-order valence-corrected chi connectivity index (χ0v) is 11.9. The van der Waals surface area contributed by atoms with Gasteiger partial charge in [-0.1, -0.05) is 6.07 Å². The summed E-state index contributed by atoms with van der Waals surface area (Å²) in [6.07, 6.45) is 0.0795. The number of phosphoric acid groups is 1. The fourth-order valence-corrected chi connectivity index (χ4v) is 1.18. The lowest BCUT2D eigenvalue weighted by Crippen LogP contribution is -2.46. The summed E-state index contributed by atoms with van der Waals surface area (Å²) in [5.74, 6) is -1.64. The Bertz CT molecular complexity index is 517. The molecule has 0 unspecified atom stereocenters. The lowest BCUT2D eigenvalue weighted by molar-refractivity contribution is -0.142. The maximum atomic E-state index is 10.7. The van der Waals surface area contributed by atoms with Crippen LogP contribution in [0.2, 0.25) is 0 Å². The number of phenolic OH excluding ortho intramolecular Hbond substituents is 2. The van der Waals surface area contributed by atoms with E-state index in [2.05, 4.69) is 0 Å². The van der Waals surface area contributed by atoms with Gasteiger partial charge in [-0.15, -0.1) is 0 Å². The standard InChI is InChI=1S/C10H13NO4.H3O4P.H2O/c1-10(11,9(14)15)5-6-2-3-7(12)8(13)4-6;1-5(2,3)4;/h2-4,12-13H,5,11H2,1H3,(H,14,15);(H3,1,2,3,4);1H2/t10-;;/m0../s1. The third-order valence-corrected chi connectivity index (χ3v) is 2.10. The molecule has 0 spiro atoms. The monoisotopic (exact) mass is 327 g/mol. The molecule has 0 aromatic heterocycles. The number of rotatable bonds is 3. The highest BCUT2D eigenvalue weighted by Gasteiger charge is 2.28. The zero-order chi connectivity index (χ0) is 16.1. The second-order valence-corrected chi connectivity index (χ2v) is 5.26. The van der Waals surface area contributed by atoms with Gasteiger partial charge in [-0.05, 0) is 24.6 Å². The molecule has 0 radical (unpaired) electrons. The van der Waals surface area contributed by atoms with Gasteiger partial charge in [0.15, 0.2) is 11.5 Å². The SMILES string of the molecule is C[C@](N)(Cc1ccc(O)c(O)c1)C(=O)O.O.O=P(O)(O)O. The van der Waals surface area contributed by atoms with Crippen molar-refractivity contribution in [3.8, 4) is 11.5 Å². The highest BCUT2D eigenvalue weighted by atomic mass is 31.2. The van der Waals surface area contributed by atoms with E-state index in [0.29, 0.717) is 5.56 Å². The van der Waals surface area contributed by atoms with Crippen LogP contribution in [0.5, 0.6) is 11.5 Å². The minimum absolute atomic E-state index is 0. The first-order valence-electron chi connectivity index (χ1n) is 5.14. The Hall–Kier alpha value is -1.68. The quantitative estimate of drug-likeness (QED) is 0.259. The van der Waals surface area contributed by atoms with Crippen molar-refractivity contribution in [1.29, 1.82) is 0 Å². The van der Waals surface area contributed by atoms with E-state index in [9.17, 15) is 9.90 Å². The van der Waals surface area contributed by atoms with Gasteiger partial charge in [0.2, 0.25) is 0 Å². The molecule has 0 aliphatic carbocycles. The first-order valence-corrected chi connectivity index (χ1v) is 6.71. The van der Waals surface area contributed by atoms with Gasteiger partial charge in [0.05, 0.1) is 0 Å². The molecule has 0 saturated carbocycles. The Morgan fingerprint density at radius 1 is 1.24 bits per heavy atom. The van der Waals surface area contributed by atoms with Gasteiger partial charge >= 0.3 is 13.8 Å². The number of nitrogens with two attached hydrogens (primary N) is 1. The smallest absolute Gasteiger partial charge is 0.466 e. The third-order valence-electron chi connectivity index (χ3n) is 2.10. The van der Waals surface area contributed by atoms with Crippen molar-refractivity contribution in [3.63, 3.8) is 0 Å². The average molecular weight is 327 g/mol. The molecule has 11 heteroatoms. The molecule has 0 saturated heterocycles. The van der Waals surface area contributed by atoms with Crippen LogP contribution in [0.3, 0.4) is 0 Å². The van der Waals surface area contributed by atoms with Crippen molar-refractivity contribution in [2.75, 3.05) is 0 Å². The number of phenols is 2. The Balaban J connectivity index is 0. The van der Waals surface area contributed by atoms with Crippen LogP contribution in [0.1, 0.15) is 12.5 Å². The Kier molecular flexibility index (Phi) is 8.17. The fraction of sp³-hybridized carbons (Fsp3) is 0.300. The number of carbonyl (C=O) groups is 1. The minimum atomic E-state index is -4.64. The molecule has 1 aromatic carbocycles. The topological polar surface area (TPSA) is 213 Å². The van der Waals surface area contributed by atoms with Crippen LogP contribution in [0.15, 0.2) is 18.2 Å². The molecule has 122 valence electrons. The number of carboxylic acids is 1. The molecular formula is C10H18NO9P. The molecule has 0 bridgehead atoms. The number of aromatic hydroxyl groups is 2. The zero-order valence-electron chi connectivity index (χ0n) is 11.0. The second kappa shape index (κ2) is 7.93. The van der Waals surface area contributed by atoms with Gasteiger partial charge in [0.25, 0.3) is 0 Å². The van der Waals surface area contributed by atoms with E-state index in [-0.39, 0.29) is 23.4 Å². The molecule has 10 N–H and O–H groups in total. The van der Waals surface area contributed by atoms with Gasteiger partial charge in [-0.2, -0.15) is 0 Å². The lowest BCUT2D eigenvalue weighted by Gasteiger charge is -2.19. The molecule has 0 amide bonds. The summed E-state index contributed by atoms with van der Waals surface area (Å²) in [7, 11) is -4.64. The van der Waals surface area contributed by atoms with E-state index in [1.807, 2.05) is 0 Å². The van der Waals surface area contributed by atoms with E-state index < -0.39 is 19.3 Å². The summed E-state index contributed by atoms with van der Waals surface area (Å²) in [5, 5.41) is 27.0. The Morgan fingerprint density at radius 2 is 1.67 bits per heavy atom. The maximum absolute atomic E-state index is 10.7. The molecule has 0 heterocycles. The third kappa shape index (κ3) is 9.79. The normalized spacial score (nSPS) is 13.2. The lowest BCUT2D eigenvalue weighted by atomic mass is 9.94. The van der Waals surface area contributed by atoms with Crippen molar-refractivity contribution >= 4 is 13.8 Å². The molecule has 0 aliphatic rings. The highest BCUT2D eigenvalue weighted by molar-refractivity contribution is 7.45. The first kappa shape index (κ1) is 21.6. The van der Waals surface area contributed by atoms with Gasteiger partial charge in [-0.3, -0.25) is 4.79 Å². The first-order chi connectivity index (χ1) is 8.83. The summed E-state index contributed by atoms with van der Waals surface area (Å²) in [6.45, 7) is 1.39. The second-order valence-electron chi connectivity index (χ2n) is 4.24. The molecule has 1 rings (SSSR count). The molecule has 10 nitrogen and oxygen atoms in total. The van der Waals surface area contributed by atoms with Gasteiger partial charge < -0.3 is 41.2 Å². The average Bonchev–Trinajstić information content (AvgIpc) is 2.20. The van der Waals surface area contributed by atoms with E-state index in [1.54, 1.807) is 0 Å². The molecule has 1 atom stereocenters. The van der Waals surface area contributed by atoms with Crippen LogP contribution in [-0.2, 0) is 15.8 Å². The minimum Gasteiger partial charge on any atom is -0.504 e. The molecular weight excluding hydrogens is 309 g/mol. The van der Waals surface area contributed by atoms with Crippen LogP contribution < -0.4 is 5.73 Å². The van der Waals surface area contributed by atoms with Crippen molar-refractivity contribution in [1.82, 2.24) is 0 Å². The van der Waals surface area contributed by atoms with Gasteiger partial charge in [-0.25, -0.2) is 4.57 Å². The maximum Gasteiger partial charge on any atom is 0.466 e. The van der Waals surface area contributed by atoms with Crippen molar-refractivity contribution in [2.24, 2.45) is 5.73 Å². The highest BCUT2D eigenvalue weighted by Crippen LogP contribution is 2.26. The number of hydrogen-bond acceptors (Lipinski definition) is 5. The van der Waals surface area contributed by atoms with Crippen LogP contribution in [-0.4, -0.2) is 47.0 Å². The van der Waals surface area contributed by atoms with Crippen molar-refractivity contribution in [2.45, 2.75) is 18.9 Å². The van der Waals surface area contributed by atoms with Crippen molar-refractivity contribution in [3.05, 3.63) is 23.8 Å². The largest absolute Gasteiger partial charge is 0.504 e. The summed E-state index contributed by atoms with van der Waals surface area (Å²) >= 11 is 0. The number of aliphatic carboxylic acids is 1. The summed E-state index contributed by atoms with van der Waals surface area (Å²) in [5.41, 5.74) is 4.70. The number of hydrogen-bond donors (Lipinski definition) is 7. The van der Waals surface area contributed by atoms with Crippen molar-refractivity contribution < 1.29 is 44.8 Å². The van der Waals surface area contributed by atoms with E-state index in [0.717, 1.165) is 0 Å². The molecule has 0 fully saturated rings. The van der Waals surface area contributed by atoms with Gasteiger partial charge in [0.1, 0.15) is 5.54 Å². The summed E-state index contributed by atoms with van der Waals surface area (Å²) in [6, 6.07) is 4.11. The summed E-state index contributed by atoms with van der Waals surface area (Å²) < 4.78 is 8.88. The Labute approximate surface area is 119 Å². The van der Waals surface area contributed by atoms with E-state index >= 15 is 0 Å². The predicted octanol–water partition coefficient (Wildman–Crippen LogP) is -1.31.